The van der Waals surface area contributed by atoms with Crippen LogP contribution in [0.15, 0.2) is 53.1 Å². The second kappa shape index (κ2) is 7.85. The topological polar surface area (TPSA) is 51.4 Å². The van der Waals surface area contributed by atoms with E-state index in [1.807, 2.05) is 11.9 Å². The minimum Gasteiger partial charge on any atom is -0.485 e. The average Bonchev–Trinajstić information content (AvgIpc) is 3.04. The number of aromatic nitrogens is 2. The van der Waals surface area contributed by atoms with Gasteiger partial charge in [0, 0.05) is 12.1 Å². The molecule has 0 aliphatic rings. The Balaban J connectivity index is 1.52. The molecule has 2 aromatic carbocycles. The van der Waals surface area contributed by atoms with Crippen molar-refractivity contribution in [2.75, 3.05) is 7.05 Å². The number of benzene rings is 2. The first kappa shape index (κ1) is 17.0. The summed E-state index contributed by atoms with van der Waals surface area (Å²) in [5, 5.41) is 3.84. The van der Waals surface area contributed by atoms with Gasteiger partial charge in [0.25, 0.3) is 0 Å². The molecule has 0 atom stereocenters. The Hall–Kier alpha value is -2.80. The van der Waals surface area contributed by atoms with E-state index < -0.39 is 0 Å². The van der Waals surface area contributed by atoms with Gasteiger partial charge < -0.3 is 9.26 Å². The van der Waals surface area contributed by atoms with Crippen LogP contribution >= 0.6 is 0 Å². The van der Waals surface area contributed by atoms with Gasteiger partial charge in [0.2, 0.25) is 11.7 Å². The highest BCUT2D eigenvalue weighted by Gasteiger charge is 2.11. The van der Waals surface area contributed by atoms with Gasteiger partial charge >= 0.3 is 0 Å². The molecule has 0 saturated carbocycles. The zero-order valence-electron chi connectivity index (χ0n) is 13.7. The van der Waals surface area contributed by atoms with E-state index in [-0.39, 0.29) is 18.2 Å². The van der Waals surface area contributed by atoms with Crippen LogP contribution in [0.2, 0.25) is 0 Å². The van der Waals surface area contributed by atoms with Crippen LogP contribution < -0.4 is 4.74 Å². The standard InChI is InChI=1S/C18H17F2N3O2/c1-23(10-13-4-2-3-5-16(13)20)11-18-21-17(22-25-18)12-24-15-8-6-14(19)7-9-15/h2-9H,10-12H2,1H3. The minimum atomic E-state index is -0.327. The molecule has 0 aliphatic carbocycles. The zero-order valence-corrected chi connectivity index (χ0v) is 13.7. The van der Waals surface area contributed by atoms with E-state index in [1.165, 1.54) is 30.3 Å². The van der Waals surface area contributed by atoms with Crippen LogP contribution in [0.5, 0.6) is 5.75 Å². The maximum absolute atomic E-state index is 13.7. The van der Waals surface area contributed by atoms with Crippen molar-refractivity contribution in [3.63, 3.8) is 0 Å². The van der Waals surface area contributed by atoms with E-state index in [0.717, 1.165) is 0 Å². The van der Waals surface area contributed by atoms with Crippen LogP contribution in [-0.4, -0.2) is 22.1 Å². The second-order valence-electron chi connectivity index (χ2n) is 5.61. The summed E-state index contributed by atoms with van der Waals surface area (Å²) in [7, 11) is 1.84. The zero-order chi connectivity index (χ0) is 17.6. The minimum absolute atomic E-state index is 0.117. The first-order valence-electron chi connectivity index (χ1n) is 7.72. The quantitative estimate of drug-likeness (QED) is 0.655. The lowest BCUT2D eigenvalue weighted by Crippen LogP contribution is -2.18. The van der Waals surface area contributed by atoms with E-state index in [2.05, 4.69) is 10.1 Å². The normalized spacial score (nSPS) is 11.0. The molecule has 0 amide bonds. The van der Waals surface area contributed by atoms with Gasteiger partial charge in [-0.3, -0.25) is 4.90 Å². The average molecular weight is 345 g/mol. The van der Waals surface area contributed by atoms with Crippen LogP contribution in [0.3, 0.4) is 0 Å². The van der Waals surface area contributed by atoms with Crippen molar-refractivity contribution in [2.24, 2.45) is 0 Å². The molecule has 0 saturated heterocycles. The highest BCUT2D eigenvalue weighted by Crippen LogP contribution is 2.14. The molecule has 3 rings (SSSR count). The largest absolute Gasteiger partial charge is 0.485 e. The third kappa shape index (κ3) is 4.84. The molecule has 130 valence electrons. The van der Waals surface area contributed by atoms with Gasteiger partial charge in [-0.2, -0.15) is 4.98 Å². The molecule has 0 radical (unpaired) electrons. The van der Waals surface area contributed by atoms with Crippen molar-refractivity contribution in [3.05, 3.63) is 77.4 Å². The predicted molar refractivity (Wildman–Crippen MR) is 86.6 cm³/mol. The van der Waals surface area contributed by atoms with Crippen molar-refractivity contribution in [1.82, 2.24) is 15.0 Å². The van der Waals surface area contributed by atoms with Gasteiger partial charge in [-0.15, -0.1) is 0 Å². The first-order valence-corrected chi connectivity index (χ1v) is 7.72. The van der Waals surface area contributed by atoms with Crippen LogP contribution in [0.1, 0.15) is 17.3 Å². The summed E-state index contributed by atoms with van der Waals surface area (Å²) in [6.45, 7) is 0.931. The van der Waals surface area contributed by atoms with Crippen LogP contribution in [-0.2, 0) is 19.7 Å². The van der Waals surface area contributed by atoms with E-state index in [0.29, 0.717) is 36.1 Å². The Morgan fingerprint density at radius 3 is 2.56 bits per heavy atom. The lowest BCUT2D eigenvalue weighted by Gasteiger charge is -2.14. The molecule has 0 spiro atoms. The highest BCUT2D eigenvalue weighted by molar-refractivity contribution is 5.22. The Morgan fingerprint density at radius 1 is 1.04 bits per heavy atom. The van der Waals surface area contributed by atoms with E-state index >= 15 is 0 Å². The van der Waals surface area contributed by atoms with E-state index in [4.69, 9.17) is 9.26 Å². The molecule has 1 aromatic heterocycles. The lowest BCUT2D eigenvalue weighted by atomic mass is 10.2. The molecule has 0 bridgehead atoms. The summed E-state index contributed by atoms with van der Waals surface area (Å²) in [6.07, 6.45) is 0. The fourth-order valence-corrected chi connectivity index (χ4v) is 2.30. The third-order valence-corrected chi connectivity index (χ3v) is 3.50. The summed E-state index contributed by atoms with van der Waals surface area (Å²) in [4.78, 5) is 6.11. The number of hydrogen-bond acceptors (Lipinski definition) is 5. The molecule has 0 fully saturated rings. The Labute approximate surface area is 143 Å². The van der Waals surface area contributed by atoms with Crippen molar-refractivity contribution in [1.29, 1.82) is 0 Å². The highest BCUT2D eigenvalue weighted by atomic mass is 19.1. The van der Waals surface area contributed by atoms with Gasteiger partial charge in [-0.25, -0.2) is 8.78 Å². The maximum Gasteiger partial charge on any atom is 0.240 e. The summed E-state index contributed by atoms with van der Waals surface area (Å²) >= 11 is 0. The molecule has 7 heteroatoms. The molecule has 0 aliphatic heterocycles. The fourth-order valence-electron chi connectivity index (χ4n) is 2.30. The SMILES string of the molecule is CN(Cc1nc(COc2ccc(F)cc2)no1)Cc1ccccc1F. The Morgan fingerprint density at radius 2 is 1.80 bits per heavy atom. The van der Waals surface area contributed by atoms with Crippen molar-refractivity contribution < 1.29 is 18.0 Å². The summed E-state index contributed by atoms with van der Waals surface area (Å²) in [6, 6.07) is 12.3. The van der Waals surface area contributed by atoms with E-state index in [9.17, 15) is 8.78 Å². The molecule has 25 heavy (non-hydrogen) atoms. The second-order valence-corrected chi connectivity index (χ2v) is 5.61. The fraction of sp³-hybridized carbons (Fsp3) is 0.222. The monoisotopic (exact) mass is 345 g/mol. The summed E-state index contributed by atoms with van der Waals surface area (Å²) in [5.41, 5.74) is 0.601. The summed E-state index contributed by atoms with van der Waals surface area (Å²) < 4.78 is 37.1. The van der Waals surface area contributed by atoms with Crippen molar-refractivity contribution >= 4 is 0 Å². The van der Waals surface area contributed by atoms with Crippen LogP contribution in [0, 0.1) is 11.6 Å². The van der Waals surface area contributed by atoms with Gasteiger partial charge in [0.1, 0.15) is 17.4 Å². The summed E-state index contributed by atoms with van der Waals surface area (Å²) in [5.74, 6) is 0.750. The molecular formula is C18H17F2N3O2. The van der Waals surface area contributed by atoms with E-state index in [1.54, 1.807) is 18.2 Å². The molecule has 1 heterocycles. The molecule has 0 unspecified atom stereocenters. The van der Waals surface area contributed by atoms with Crippen molar-refractivity contribution in [2.45, 2.75) is 19.7 Å². The van der Waals surface area contributed by atoms with Gasteiger partial charge in [-0.05, 0) is 37.4 Å². The Kier molecular flexibility index (Phi) is 5.35. The predicted octanol–water partition coefficient (Wildman–Crippen LogP) is 3.56. The lowest BCUT2D eigenvalue weighted by molar-refractivity contribution is 0.254. The van der Waals surface area contributed by atoms with Crippen LogP contribution in [0.25, 0.3) is 0 Å². The number of hydrogen-bond donors (Lipinski definition) is 0. The third-order valence-electron chi connectivity index (χ3n) is 3.50. The number of ether oxygens (including phenoxy) is 1. The number of halogens is 2. The van der Waals surface area contributed by atoms with Gasteiger partial charge in [0.15, 0.2) is 6.61 Å². The van der Waals surface area contributed by atoms with Crippen molar-refractivity contribution in [3.8, 4) is 5.75 Å². The smallest absolute Gasteiger partial charge is 0.240 e. The molecule has 0 N–H and O–H groups in total. The molecular weight excluding hydrogens is 328 g/mol. The first-order chi connectivity index (χ1) is 12.1. The Bertz CT molecular complexity index is 821. The van der Waals surface area contributed by atoms with Gasteiger partial charge in [0.05, 0.1) is 6.54 Å². The molecule has 5 nitrogen and oxygen atoms in total. The van der Waals surface area contributed by atoms with Gasteiger partial charge in [-0.1, -0.05) is 23.4 Å². The number of rotatable bonds is 7. The maximum atomic E-state index is 13.7. The molecule has 3 aromatic rings. The number of nitrogens with zero attached hydrogens (tertiary/aromatic N) is 3. The van der Waals surface area contributed by atoms with Crippen LogP contribution in [0.4, 0.5) is 8.78 Å².